The molecule has 0 atom stereocenters. The molecule has 3 heterocycles. The molecule has 6 heteroatoms. The summed E-state index contributed by atoms with van der Waals surface area (Å²) >= 11 is 0. The quantitative estimate of drug-likeness (QED) is 0.934. The third-order valence-electron chi connectivity index (χ3n) is 3.75. The van der Waals surface area contributed by atoms with Crippen LogP contribution in [0.25, 0.3) is 0 Å². The van der Waals surface area contributed by atoms with Crippen molar-refractivity contribution in [1.82, 2.24) is 14.7 Å². The van der Waals surface area contributed by atoms with Crippen molar-refractivity contribution in [3.63, 3.8) is 0 Å². The number of aryl methyl sites for hydroxylation is 3. The molecular weight excluding hydrogens is 268 g/mol. The molecule has 0 aromatic carbocycles. The predicted molar refractivity (Wildman–Crippen MR) is 78.9 cm³/mol. The number of hydrogen-bond donors (Lipinski definition) is 1. The van der Waals surface area contributed by atoms with Crippen LogP contribution in [0.15, 0.2) is 22.8 Å². The normalized spacial score (nSPS) is 15.5. The number of fused-ring (bicyclic) bond motifs is 1. The van der Waals surface area contributed by atoms with Gasteiger partial charge in [0.25, 0.3) is 0 Å². The zero-order valence-electron chi connectivity index (χ0n) is 12.4. The topological polar surface area (TPSA) is 63.3 Å². The number of nitrogens with one attached hydrogen (secondary N) is 1. The van der Waals surface area contributed by atoms with E-state index >= 15 is 0 Å². The number of anilines is 1. The summed E-state index contributed by atoms with van der Waals surface area (Å²) in [6.07, 6.45) is 3.69. The number of furan rings is 1. The molecule has 0 radical (unpaired) electrons. The largest absolute Gasteiger partial charge is 0.469 e. The number of carbonyl (C=O) groups excluding carboxylic acids is 1. The van der Waals surface area contributed by atoms with Crippen LogP contribution in [0.4, 0.5) is 5.82 Å². The van der Waals surface area contributed by atoms with Crippen molar-refractivity contribution in [3.05, 3.63) is 35.4 Å². The molecule has 0 saturated carbocycles. The molecule has 1 N–H and O–H groups in total. The van der Waals surface area contributed by atoms with E-state index in [1.165, 1.54) is 5.56 Å². The van der Waals surface area contributed by atoms with Crippen molar-refractivity contribution in [2.45, 2.75) is 26.3 Å². The van der Waals surface area contributed by atoms with E-state index in [1.807, 2.05) is 26.1 Å². The summed E-state index contributed by atoms with van der Waals surface area (Å²) in [5, 5.41) is 7.14. The zero-order chi connectivity index (χ0) is 14.8. The van der Waals surface area contributed by atoms with Gasteiger partial charge in [-0.25, -0.2) is 0 Å². The smallest absolute Gasteiger partial charge is 0.239 e. The molecule has 0 spiro atoms. The van der Waals surface area contributed by atoms with Gasteiger partial charge in [-0.2, -0.15) is 5.10 Å². The third kappa shape index (κ3) is 3.16. The van der Waals surface area contributed by atoms with Crippen LogP contribution in [0.2, 0.25) is 0 Å². The fraction of sp³-hybridized carbons (Fsp3) is 0.467. The lowest BCUT2D eigenvalue weighted by molar-refractivity contribution is -0.117. The third-order valence-corrected chi connectivity index (χ3v) is 3.75. The molecular formula is C15H20N4O2. The number of rotatable bonds is 3. The first-order valence-corrected chi connectivity index (χ1v) is 7.20. The highest BCUT2D eigenvalue weighted by Gasteiger charge is 2.19. The van der Waals surface area contributed by atoms with E-state index in [1.54, 1.807) is 10.9 Å². The fourth-order valence-corrected chi connectivity index (χ4v) is 2.76. The number of aromatic nitrogens is 2. The minimum Gasteiger partial charge on any atom is -0.469 e. The standard InChI is InChI=1S/C15H20N4O2/c1-11-8-14(18(2)17-11)16-15(20)10-19-6-3-4-13-12(9-19)5-7-21-13/h5,7-8H,3-4,6,9-10H2,1-2H3,(H,16,20). The molecule has 21 heavy (non-hydrogen) atoms. The molecule has 1 aliphatic rings. The second kappa shape index (κ2) is 5.73. The van der Waals surface area contributed by atoms with Crippen LogP contribution >= 0.6 is 0 Å². The van der Waals surface area contributed by atoms with Gasteiger partial charge >= 0.3 is 0 Å². The van der Waals surface area contributed by atoms with Crippen LogP contribution < -0.4 is 5.32 Å². The molecule has 0 bridgehead atoms. The number of carbonyl (C=O) groups is 1. The molecule has 0 unspecified atom stereocenters. The minimum atomic E-state index is -0.00931. The van der Waals surface area contributed by atoms with Gasteiger partial charge in [-0.1, -0.05) is 0 Å². The van der Waals surface area contributed by atoms with Crippen LogP contribution in [-0.2, 0) is 24.8 Å². The highest BCUT2D eigenvalue weighted by atomic mass is 16.3. The molecule has 3 rings (SSSR count). The Morgan fingerprint density at radius 3 is 3.14 bits per heavy atom. The highest BCUT2D eigenvalue weighted by Crippen LogP contribution is 2.19. The van der Waals surface area contributed by atoms with Crippen molar-refractivity contribution < 1.29 is 9.21 Å². The Balaban J connectivity index is 1.61. The number of nitrogens with zero attached hydrogens (tertiary/aromatic N) is 3. The van der Waals surface area contributed by atoms with Crippen molar-refractivity contribution >= 4 is 11.7 Å². The molecule has 2 aromatic heterocycles. The van der Waals surface area contributed by atoms with Crippen molar-refractivity contribution in [1.29, 1.82) is 0 Å². The van der Waals surface area contributed by atoms with Gasteiger partial charge in [-0.05, 0) is 26.0 Å². The monoisotopic (exact) mass is 288 g/mol. The van der Waals surface area contributed by atoms with E-state index < -0.39 is 0 Å². The number of amides is 1. The summed E-state index contributed by atoms with van der Waals surface area (Å²) in [5.41, 5.74) is 2.09. The Kier molecular flexibility index (Phi) is 3.79. The Morgan fingerprint density at radius 2 is 2.38 bits per heavy atom. The van der Waals surface area contributed by atoms with E-state index in [-0.39, 0.29) is 5.91 Å². The van der Waals surface area contributed by atoms with Gasteiger partial charge in [-0.15, -0.1) is 0 Å². The average molecular weight is 288 g/mol. The maximum Gasteiger partial charge on any atom is 0.239 e. The van der Waals surface area contributed by atoms with Crippen LogP contribution in [0, 0.1) is 6.92 Å². The molecule has 112 valence electrons. The van der Waals surface area contributed by atoms with Crippen LogP contribution in [0.3, 0.4) is 0 Å². The van der Waals surface area contributed by atoms with Crippen LogP contribution in [-0.4, -0.2) is 33.7 Å². The Bertz CT molecular complexity index is 644. The van der Waals surface area contributed by atoms with E-state index in [9.17, 15) is 4.79 Å². The van der Waals surface area contributed by atoms with Crippen LogP contribution in [0.5, 0.6) is 0 Å². The molecule has 1 amide bonds. The van der Waals surface area contributed by atoms with E-state index in [2.05, 4.69) is 15.3 Å². The van der Waals surface area contributed by atoms with Gasteiger partial charge in [0, 0.05) is 31.6 Å². The van der Waals surface area contributed by atoms with Crippen molar-refractivity contribution in [2.75, 3.05) is 18.4 Å². The van der Waals surface area contributed by atoms with Gasteiger partial charge in [0.2, 0.25) is 5.91 Å². The van der Waals surface area contributed by atoms with E-state index in [4.69, 9.17) is 4.42 Å². The van der Waals surface area contributed by atoms with E-state index in [0.717, 1.165) is 43.2 Å². The van der Waals surface area contributed by atoms with Gasteiger partial charge in [-0.3, -0.25) is 14.4 Å². The maximum absolute atomic E-state index is 12.2. The molecule has 6 nitrogen and oxygen atoms in total. The predicted octanol–water partition coefficient (Wildman–Crippen LogP) is 1.71. The van der Waals surface area contributed by atoms with Gasteiger partial charge in [0.05, 0.1) is 18.5 Å². The lowest BCUT2D eigenvalue weighted by atomic mass is 10.2. The molecule has 0 saturated heterocycles. The Morgan fingerprint density at radius 1 is 1.52 bits per heavy atom. The number of hydrogen-bond acceptors (Lipinski definition) is 4. The minimum absolute atomic E-state index is 0.00931. The second-order valence-electron chi connectivity index (χ2n) is 5.53. The molecule has 2 aromatic rings. The van der Waals surface area contributed by atoms with E-state index in [0.29, 0.717) is 6.54 Å². The average Bonchev–Trinajstić information content (AvgIpc) is 2.91. The summed E-state index contributed by atoms with van der Waals surface area (Å²) in [6.45, 7) is 3.96. The van der Waals surface area contributed by atoms with Crippen molar-refractivity contribution in [3.8, 4) is 0 Å². The van der Waals surface area contributed by atoms with Gasteiger partial charge < -0.3 is 9.73 Å². The second-order valence-corrected chi connectivity index (χ2v) is 5.53. The Hall–Kier alpha value is -2.08. The molecule has 0 fully saturated rings. The first kappa shape index (κ1) is 13.9. The van der Waals surface area contributed by atoms with Crippen LogP contribution in [0.1, 0.15) is 23.4 Å². The van der Waals surface area contributed by atoms with Gasteiger partial charge in [0.15, 0.2) is 0 Å². The summed E-state index contributed by atoms with van der Waals surface area (Å²) < 4.78 is 7.15. The van der Waals surface area contributed by atoms with Gasteiger partial charge in [0.1, 0.15) is 11.6 Å². The first-order valence-electron chi connectivity index (χ1n) is 7.20. The lowest BCUT2D eigenvalue weighted by Crippen LogP contribution is -2.33. The highest BCUT2D eigenvalue weighted by molar-refractivity contribution is 5.91. The summed E-state index contributed by atoms with van der Waals surface area (Å²) in [6, 6.07) is 3.87. The molecule has 0 aliphatic carbocycles. The summed E-state index contributed by atoms with van der Waals surface area (Å²) in [5.74, 6) is 1.78. The first-order chi connectivity index (χ1) is 10.1. The SMILES string of the molecule is Cc1cc(NC(=O)CN2CCCc3occc3C2)n(C)n1. The maximum atomic E-state index is 12.2. The zero-order valence-corrected chi connectivity index (χ0v) is 12.4. The summed E-state index contributed by atoms with van der Waals surface area (Å²) in [7, 11) is 1.83. The fourth-order valence-electron chi connectivity index (χ4n) is 2.76. The Labute approximate surface area is 123 Å². The van der Waals surface area contributed by atoms with Crippen molar-refractivity contribution in [2.24, 2.45) is 7.05 Å². The molecule has 1 aliphatic heterocycles. The lowest BCUT2D eigenvalue weighted by Gasteiger charge is -2.19. The summed E-state index contributed by atoms with van der Waals surface area (Å²) in [4.78, 5) is 14.3.